The van der Waals surface area contributed by atoms with Crippen LogP contribution in [-0.2, 0) is 26.4 Å². The van der Waals surface area contributed by atoms with E-state index in [0.717, 1.165) is 17.5 Å². The summed E-state index contributed by atoms with van der Waals surface area (Å²) in [6.07, 6.45) is 0.687. The van der Waals surface area contributed by atoms with Gasteiger partial charge in [0.05, 0.1) is 11.9 Å². The number of benzene rings is 1. The number of halogens is 1. The molecule has 0 aromatic heterocycles. The molecule has 2 rings (SSSR count). The first-order valence-corrected chi connectivity index (χ1v) is 8.89. The molecule has 1 atom stereocenters. The average molecular weight is 318 g/mol. The molecule has 0 bridgehead atoms. The molecule has 0 saturated carbocycles. The highest BCUT2D eigenvalue weighted by Crippen LogP contribution is 2.16. The van der Waals surface area contributed by atoms with Crippen LogP contribution in [0.4, 0.5) is 0 Å². The molecule has 0 radical (unpaired) electrons. The van der Waals surface area contributed by atoms with Crippen molar-refractivity contribution in [1.29, 1.82) is 0 Å². The van der Waals surface area contributed by atoms with E-state index in [2.05, 4.69) is 0 Å². The van der Waals surface area contributed by atoms with Crippen LogP contribution in [0.25, 0.3) is 0 Å². The fourth-order valence-electron chi connectivity index (χ4n) is 2.31. The Kier molecular flexibility index (Phi) is 5.43. The van der Waals surface area contributed by atoms with Crippen LogP contribution in [-0.4, -0.2) is 38.5 Å². The molecule has 1 aromatic rings. The minimum atomic E-state index is -3.31. The van der Waals surface area contributed by atoms with E-state index in [1.54, 1.807) is 0 Å². The van der Waals surface area contributed by atoms with Crippen LogP contribution in [0.2, 0.25) is 0 Å². The second-order valence-corrected chi connectivity index (χ2v) is 7.34. The highest BCUT2D eigenvalue weighted by atomic mass is 35.5. The Balaban J connectivity index is 2.13. The molecule has 0 N–H and O–H groups in total. The molecule has 0 spiro atoms. The average Bonchev–Trinajstić information content (AvgIpc) is 2.63. The fourth-order valence-corrected chi connectivity index (χ4v) is 4.11. The van der Waals surface area contributed by atoms with Crippen molar-refractivity contribution < 1.29 is 13.2 Å². The predicted molar refractivity (Wildman–Crippen MR) is 80.2 cm³/mol. The third-order valence-electron chi connectivity index (χ3n) is 3.30. The maximum atomic E-state index is 12.5. The van der Waals surface area contributed by atoms with E-state index >= 15 is 0 Å². The lowest BCUT2D eigenvalue weighted by Crippen LogP contribution is -2.36. The summed E-state index contributed by atoms with van der Waals surface area (Å²) in [4.78, 5) is 0. The molecule has 1 aromatic carbocycles. The maximum Gasteiger partial charge on any atom is 0.218 e. The molecule has 1 heterocycles. The van der Waals surface area contributed by atoms with Gasteiger partial charge in [-0.3, -0.25) is 0 Å². The van der Waals surface area contributed by atoms with Crippen LogP contribution < -0.4 is 0 Å². The topological polar surface area (TPSA) is 46.6 Å². The van der Waals surface area contributed by atoms with Gasteiger partial charge in [0.15, 0.2) is 0 Å². The van der Waals surface area contributed by atoms with E-state index in [9.17, 15) is 8.42 Å². The van der Waals surface area contributed by atoms with Crippen LogP contribution in [0.5, 0.6) is 0 Å². The smallest absolute Gasteiger partial charge is 0.218 e. The zero-order chi connectivity index (χ0) is 14.6. The summed E-state index contributed by atoms with van der Waals surface area (Å²) in [5.74, 6) is 0.410. The van der Waals surface area contributed by atoms with Crippen LogP contribution in [0.1, 0.15) is 24.5 Å². The number of sulfonamides is 1. The quantitative estimate of drug-likeness (QED) is 0.801. The number of nitrogens with zero attached hydrogens (tertiary/aromatic N) is 1. The van der Waals surface area contributed by atoms with Crippen LogP contribution in [0, 0.1) is 0 Å². The van der Waals surface area contributed by atoms with Crippen molar-refractivity contribution in [2.45, 2.75) is 31.1 Å². The summed E-state index contributed by atoms with van der Waals surface area (Å²) < 4.78 is 32.0. The number of rotatable bonds is 4. The van der Waals surface area contributed by atoms with Crippen molar-refractivity contribution in [2.75, 3.05) is 19.7 Å². The molecular weight excluding hydrogens is 298 g/mol. The van der Waals surface area contributed by atoms with E-state index < -0.39 is 10.0 Å². The minimum Gasteiger partial charge on any atom is -0.377 e. The van der Waals surface area contributed by atoms with E-state index in [1.807, 2.05) is 31.2 Å². The molecule has 1 saturated heterocycles. The number of hydrogen-bond acceptors (Lipinski definition) is 3. The molecule has 0 amide bonds. The van der Waals surface area contributed by atoms with E-state index in [1.165, 1.54) is 4.31 Å². The second-order valence-electron chi connectivity index (χ2n) is 5.10. The van der Waals surface area contributed by atoms with Gasteiger partial charge in [-0.25, -0.2) is 8.42 Å². The van der Waals surface area contributed by atoms with Crippen LogP contribution in [0.15, 0.2) is 24.3 Å². The molecule has 4 nitrogen and oxygen atoms in total. The highest BCUT2D eigenvalue weighted by molar-refractivity contribution is 7.88. The van der Waals surface area contributed by atoms with Gasteiger partial charge in [-0.1, -0.05) is 24.3 Å². The molecule has 1 fully saturated rings. The largest absolute Gasteiger partial charge is 0.377 e. The Morgan fingerprint density at radius 2 is 2.15 bits per heavy atom. The zero-order valence-corrected chi connectivity index (χ0v) is 13.2. The first kappa shape index (κ1) is 15.8. The van der Waals surface area contributed by atoms with Gasteiger partial charge in [0.25, 0.3) is 0 Å². The molecule has 1 unspecified atom stereocenters. The molecule has 1 aliphatic heterocycles. The first-order chi connectivity index (χ1) is 9.51. The highest BCUT2D eigenvalue weighted by Gasteiger charge is 2.26. The third kappa shape index (κ3) is 4.19. The standard InChI is InChI=1S/C14H20ClNO3S/c1-12-10-16(6-3-7-19-12)20(17,18)11-14-5-2-4-13(8-14)9-15/h2,4-5,8,12H,3,6-7,9-11H2,1H3. The van der Waals surface area contributed by atoms with E-state index in [-0.39, 0.29) is 11.9 Å². The Hall–Kier alpha value is -0.620. The maximum absolute atomic E-state index is 12.5. The van der Waals surface area contributed by atoms with Gasteiger partial charge in [-0.15, -0.1) is 11.6 Å². The molecule has 1 aliphatic rings. The molecule has 6 heteroatoms. The number of ether oxygens (including phenoxy) is 1. The summed E-state index contributed by atoms with van der Waals surface area (Å²) in [7, 11) is -3.31. The predicted octanol–water partition coefficient (Wildman–Crippen LogP) is 2.37. The minimum absolute atomic E-state index is 0.0183. The SMILES string of the molecule is CC1CN(S(=O)(=O)Cc2cccc(CCl)c2)CCCO1. The van der Waals surface area contributed by atoms with Crippen LogP contribution in [0.3, 0.4) is 0 Å². The van der Waals surface area contributed by atoms with Gasteiger partial charge >= 0.3 is 0 Å². The van der Waals surface area contributed by atoms with Crippen molar-refractivity contribution in [3.8, 4) is 0 Å². The van der Waals surface area contributed by atoms with Crippen molar-refractivity contribution in [3.63, 3.8) is 0 Å². The molecular formula is C14H20ClNO3S. The number of alkyl halides is 1. The van der Waals surface area contributed by atoms with E-state index in [0.29, 0.717) is 25.6 Å². The lowest BCUT2D eigenvalue weighted by Gasteiger charge is -2.21. The third-order valence-corrected chi connectivity index (χ3v) is 5.43. The second kappa shape index (κ2) is 6.89. The Morgan fingerprint density at radius 3 is 2.90 bits per heavy atom. The summed E-state index contributed by atoms with van der Waals surface area (Å²) in [5, 5.41) is 0. The van der Waals surface area contributed by atoms with Gasteiger partial charge in [-0.2, -0.15) is 4.31 Å². The summed E-state index contributed by atoms with van der Waals surface area (Å²) >= 11 is 5.78. The molecule has 112 valence electrons. The van der Waals surface area contributed by atoms with Crippen molar-refractivity contribution >= 4 is 21.6 Å². The van der Waals surface area contributed by atoms with Crippen LogP contribution >= 0.6 is 11.6 Å². The molecule has 0 aliphatic carbocycles. The Labute approximate surface area is 125 Å². The van der Waals surface area contributed by atoms with Crippen molar-refractivity contribution in [3.05, 3.63) is 35.4 Å². The summed E-state index contributed by atoms with van der Waals surface area (Å²) in [6, 6.07) is 7.41. The zero-order valence-electron chi connectivity index (χ0n) is 11.6. The fraction of sp³-hybridized carbons (Fsp3) is 0.571. The Morgan fingerprint density at radius 1 is 1.40 bits per heavy atom. The van der Waals surface area contributed by atoms with Crippen molar-refractivity contribution in [2.24, 2.45) is 0 Å². The van der Waals surface area contributed by atoms with Gasteiger partial charge in [0, 0.05) is 25.6 Å². The van der Waals surface area contributed by atoms with Gasteiger partial charge in [0.1, 0.15) is 0 Å². The van der Waals surface area contributed by atoms with Gasteiger partial charge in [0.2, 0.25) is 10.0 Å². The monoisotopic (exact) mass is 317 g/mol. The van der Waals surface area contributed by atoms with E-state index in [4.69, 9.17) is 16.3 Å². The van der Waals surface area contributed by atoms with Gasteiger partial charge < -0.3 is 4.74 Å². The molecule has 20 heavy (non-hydrogen) atoms. The lowest BCUT2D eigenvalue weighted by molar-refractivity contribution is 0.0752. The number of hydrogen-bond donors (Lipinski definition) is 0. The van der Waals surface area contributed by atoms with Crippen molar-refractivity contribution in [1.82, 2.24) is 4.31 Å². The summed E-state index contributed by atoms with van der Waals surface area (Å²) in [6.45, 7) is 3.48. The summed E-state index contributed by atoms with van der Waals surface area (Å²) in [5.41, 5.74) is 1.72. The normalized spacial score (nSPS) is 21.6. The lowest BCUT2D eigenvalue weighted by atomic mass is 10.2. The van der Waals surface area contributed by atoms with Gasteiger partial charge in [-0.05, 0) is 24.5 Å². The first-order valence-electron chi connectivity index (χ1n) is 6.74. The Bertz CT molecular complexity index is 547.